The molecule has 1 aromatic carbocycles. The van der Waals surface area contributed by atoms with Crippen molar-refractivity contribution < 1.29 is 17.9 Å². The van der Waals surface area contributed by atoms with E-state index in [1.54, 1.807) is 12.4 Å². The van der Waals surface area contributed by atoms with E-state index in [0.717, 1.165) is 27.4 Å². The summed E-state index contributed by atoms with van der Waals surface area (Å²) in [7, 11) is 0. The SMILES string of the molecule is FC(F)(F)O[C@H]1CC[C@@H](Nc2ncc3c(-c4ccc5ncncc5c4)c[nH]c3n2)CC1. The van der Waals surface area contributed by atoms with Gasteiger partial charge in [-0.3, -0.25) is 4.74 Å². The maximum Gasteiger partial charge on any atom is 0.522 e. The number of fused-ring (bicyclic) bond motifs is 2. The van der Waals surface area contributed by atoms with Gasteiger partial charge in [-0.15, -0.1) is 13.2 Å². The van der Waals surface area contributed by atoms with Crippen LogP contribution >= 0.6 is 0 Å². The Bertz CT molecular complexity index is 1220. The van der Waals surface area contributed by atoms with Gasteiger partial charge < -0.3 is 10.3 Å². The van der Waals surface area contributed by atoms with E-state index in [0.29, 0.717) is 37.3 Å². The van der Waals surface area contributed by atoms with Crippen LogP contribution in [0, 0.1) is 0 Å². The van der Waals surface area contributed by atoms with Crippen LogP contribution in [-0.2, 0) is 4.74 Å². The first-order chi connectivity index (χ1) is 14.9. The van der Waals surface area contributed by atoms with E-state index in [1.807, 2.05) is 24.4 Å². The minimum absolute atomic E-state index is 0.0143. The molecule has 1 aliphatic carbocycles. The summed E-state index contributed by atoms with van der Waals surface area (Å²) in [6.45, 7) is 0. The fourth-order valence-electron chi connectivity index (χ4n) is 4.06. The maximum atomic E-state index is 12.4. The molecule has 3 aromatic heterocycles. The number of hydrogen-bond donors (Lipinski definition) is 2. The summed E-state index contributed by atoms with van der Waals surface area (Å²) in [5.41, 5.74) is 3.53. The lowest BCUT2D eigenvalue weighted by Crippen LogP contribution is -2.33. The van der Waals surface area contributed by atoms with E-state index in [2.05, 4.69) is 35.0 Å². The second-order valence-corrected chi connectivity index (χ2v) is 7.64. The van der Waals surface area contributed by atoms with Crippen molar-refractivity contribution in [2.45, 2.75) is 44.2 Å². The number of hydrogen-bond acceptors (Lipinski definition) is 6. The maximum absolute atomic E-state index is 12.4. The minimum atomic E-state index is -4.58. The number of aromatic amines is 1. The molecule has 5 rings (SSSR count). The zero-order chi connectivity index (χ0) is 21.4. The number of benzene rings is 1. The molecule has 1 saturated carbocycles. The van der Waals surface area contributed by atoms with Crippen LogP contribution in [0.4, 0.5) is 19.1 Å². The molecule has 0 unspecified atom stereocenters. The van der Waals surface area contributed by atoms with E-state index in [1.165, 1.54) is 6.33 Å². The highest BCUT2D eigenvalue weighted by molar-refractivity contribution is 5.96. The first-order valence-electron chi connectivity index (χ1n) is 10.00. The summed E-state index contributed by atoms with van der Waals surface area (Å²) in [5, 5.41) is 5.06. The smallest absolute Gasteiger partial charge is 0.351 e. The molecular weight excluding hydrogens is 409 g/mol. The molecule has 0 saturated heterocycles. The Hall–Kier alpha value is -3.27. The van der Waals surface area contributed by atoms with Gasteiger partial charge in [0.2, 0.25) is 5.95 Å². The summed E-state index contributed by atoms with van der Waals surface area (Å²) in [6.07, 6.45) is 3.39. The van der Waals surface area contributed by atoms with Gasteiger partial charge in [0.05, 0.1) is 11.6 Å². The van der Waals surface area contributed by atoms with Crippen LogP contribution < -0.4 is 5.32 Å². The predicted octanol–water partition coefficient (Wildman–Crippen LogP) is 4.83. The van der Waals surface area contributed by atoms with E-state index in [4.69, 9.17) is 0 Å². The number of aromatic nitrogens is 5. The topological polar surface area (TPSA) is 88.6 Å². The molecule has 0 radical (unpaired) electrons. The van der Waals surface area contributed by atoms with Gasteiger partial charge in [0.1, 0.15) is 12.0 Å². The Morgan fingerprint density at radius 3 is 2.71 bits per heavy atom. The van der Waals surface area contributed by atoms with Crippen molar-refractivity contribution in [3.05, 3.63) is 43.1 Å². The van der Waals surface area contributed by atoms with Gasteiger partial charge in [-0.25, -0.2) is 15.0 Å². The van der Waals surface area contributed by atoms with Gasteiger partial charge >= 0.3 is 6.36 Å². The van der Waals surface area contributed by atoms with Crippen LogP contribution in [0.3, 0.4) is 0 Å². The summed E-state index contributed by atoms with van der Waals surface area (Å²) >= 11 is 0. The van der Waals surface area contributed by atoms with Gasteiger partial charge in [0.25, 0.3) is 0 Å². The summed E-state index contributed by atoms with van der Waals surface area (Å²) in [4.78, 5) is 20.5. The van der Waals surface area contributed by atoms with Crippen molar-refractivity contribution in [2.24, 2.45) is 0 Å². The first-order valence-corrected chi connectivity index (χ1v) is 10.00. The number of anilines is 1. The quantitative estimate of drug-likeness (QED) is 0.484. The second kappa shape index (κ2) is 7.77. The van der Waals surface area contributed by atoms with Gasteiger partial charge in [-0.2, -0.15) is 4.98 Å². The van der Waals surface area contributed by atoms with Crippen LogP contribution in [0.1, 0.15) is 25.7 Å². The Morgan fingerprint density at radius 1 is 1.06 bits per heavy atom. The Labute approximate surface area is 175 Å². The number of nitrogens with zero attached hydrogens (tertiary/aromatic N) is 4. The second-order valence-electron chi connectivity index (χ2n) is 7.64. The number of halogens is 3. The van der Waals surface area contributed by atoms with E-state index in [9.17, 15) is 13.2 Å². The van der Waals surface area contributed by atoms with Crippen molar-refractivity contribution in [3.8, 4) is 11.1 Å². The van der Waals surface area contributed by atoms with Crippen LogP contribution in [0.2, 0.25) is 0 Å². The molecule has 0 aliphatic heterocycles. The zero-order valence-electron chi connectivity index (χ0n) is 16.4. The standard InChI is InChI=1S/C21H19F3N6O/c22-21(23,24)31-15-4-2-14(3-5-15)29-20-27-10-17-16(9-26-19(17)30-20)12-1-6-18-13(7-12)8-25-11-28-18/h1,6-11,14-15H,2-5H2,(H2,26,27,29,30)/t14-,15+. The molecule has 3 heterocycles. The highest BCUT2D eigenvalue weighted by Crippen LogP contribution is 2.31. The van der Waals surface area contributed by atoms with Crippen molar-refractivity contribution in [2.75, 3.05) is 5.32 Å². The Morgan fingerprint density at radius 2 is 1.90 bits per heavy atom. The van der Waals surface area contributed by atoms with Gasteiger partial charge in [0, 0.05) is 41.0 Å². The molecule has 0 bridgehead atoms. The molecule has 0 atom stereocenters. The zero-order valence-corrected chi connectivity index (χ0v) is 16.4. The van der Waals surface area contributed by atoms with E-state index >= 15 is 0 Å². The third-order valence-corrected chi connectivity index (χ3v) is 5.56. The number of alkyl halides is 3. The Kier molecular flexibility index (Phi) is 4.93. The molecule has 160 valence electrons. The average Bonchev–Trinajstić information content (AvgIpc) is 3.17. The third-order valence-electron chi connectivity index (χ3n) is 5.56. The highest BCUT2D eigenvalue weighted by atomic mass is 19.4. The van der Waals surface area contributed by atoms with Crippen molar-refractivity contribution in [1.82, 2.24) is 24.9 Å². The van der Waals surface area contributed by atoms with Gasteiger partial charge in [-0.05, 0) is 43.4 Å². The van der Waals surface area contributed by atoms with Crippen LogP contribution in [-0.4, -0.2) is 43.4 Å². The molecule has 2 N–H and O–H groups in total. The minimum Gasteiger partial charge on any atom is -0.351 e. The fraction of sp³-hybridized carbons (Fsp3) is 0.333. The van der Waals surface area contributed by atoms with Gasteiger partial charge in [0.15, 0.2) is 0 Å². The summed E-state index contributed by atoms with van der Waals surface area (Å²) in [6, 6.07) is 5.97. The third kappa shape index (κ3) is 4.29. The lowest BCUT2D eigenvalue weighted by Gasteiger charge is -2.29. The lowest BCUT2D eigenvalue weighted by molar-refractivity contribution is -0.345. The Balaban J connectivity index is 1.30. The van der Waals surface area contributed by atoms with Crippen LogP contribution in [0.15, 0.2) is 43.1 Å². The first kappa shape index (κ1) is 19.7. The fourth-order valence-corrected chi connectivity index (χ4v) is 4.06. The van der Waals surface area contributed by atoms with Crippen LogP contribution in [0.25, 0.3) is 33.1 Å². The summed E-state index contributed by atoms with van der Waals surface area (Å²) < 4.78 is 41.2. The molecule has 1 aliphatic rings. The largest absolute Gasteiger partial charge is 0.522 e. The number of ether oxygens (including phenoxy) is 1. The highest BCUT2D eigenvalue weighted by Gasteiger charge is 2.35. The van der Waals surface area contributed by atoms with Crippen molar-refractivity contribution in [3.63, 3.8) is 0 Å². The molecule has 31 heavy (non-hydrogen) atoms. The monoisotopic (exact) mass is 428 g/mol. The molecule has 7 nitrogen and oxygen atoms in total. The average molecular weight is 428 g/mol. The molecule has 10 heteroatoms. The van der Waals surface area contributed by atoms with Gasteiger partial charge in [-0.1, -0.05) is 6.07 Å². The lowest BCUT2D eigenvalue weighted by atomic mass is 9.93. The van der Waals surface area contributed by atoms with Crippen molar-refractivity contribution >= 4 is 27.9 Å². The number of H-pyrrole nitrogens is 1. The molecule has 1 fully saturated rings. The normalized spacial score (nSPS) is 19.7. The predicted molar refractivity (Wildman–Crippen MR) is 109 cm³/mol. The molecule has 4 aromatic rings. The molecule has 0 spiro atoms. The van der Waals surface area contributed by atoms with Crippen LogP contribution in [0.5, 0.6) is 0 Å². The van der Waals surface area contributed by atoms with E-state index < -0.39 is 12.5 Å². The molecule has 0 amide bonds. The van der Waals surface area contributed by atoms with E-state index in [-0.39, 0.29) is 6.04 Å². The number of nitrogens with one attached hydrogen (secondary N) is 2. The molecular formula is C21H19F3N6O. The van der Waals surface area contributed by atoms with Crippen molar-refractivity contribution in [1.29, 1.82) is 0 Å². The number of rotatable bonds is 4. The summed E-state index contributed by atoms with van der Waals surface area (Å²) in [5.74, 6) is 0.452.